The summed E-state index contributed by atoms with van der Waals surface area (Å²) < 4.78 is 0. The van der Waals surface area contributed by atoms with Crippen molar-refractivity contribution in [1.29, 1.82) is 0 Å². The van der Waals surface area contributed by atoms with Crippen molar-refractivity contribution in [2.75, 3.05) is 11.5 Å². The van der Waals surface area contributed by atoms with Gasteiger partial charge in [0.15, 0.2) is 0 Å². The van der Waals surface area contributed by atoms with E-state index in [0.717, 1.165) is 25.7 Å². The molecule has 1 aliphatic carbocycles. The summed E-state index contributed by atoms with van der Waals surface area (Å²) in [6, 6.07) is 0. The third kappa shape index (κ3) is 4.77. The first-order valence-corrected chi connectivity index (χ1v) is 7.71. The third-order valence-electron chi connectivity index (χ3n) is 3.54. The number of rotatable bonds is 6. The van der Waals surface area contributed by atoms with Crippen LogP contribution in [-0.2, 0) is 4.79 Å². The summed E-state index contributed by atoms with van der Waals surface area (Å²) in [5.41, 5.74) is 0. The van der Waals surface area contributed by atoms with Gasteiger partial charge in [-0.25, -0.2) is 0 Å². The highest BCUT2D eigenvalue weighted by Gasteiger charge is 2.28. The molecule has 2 atom stereocenters. The molecule has 16 heavy (non-hydrogen) atoms. The number of carboxylic acids is 1. The Labute approximate surface area is 103 Å². The minimum absolute atomic E-state index is 0.0610. The van der Waals surface area contributed by atoms with Crippen LogP contribution in [0.3, 0.4) is 0 Å². The van der Waals surface area contributed by atoms with Gasteiger partial charge < -0.3 is 5.11 Å². The molecule has 3 heteroatoms. The highest BCUT2D eigenvalue weighted by atomic mass is 32.2. The zero-order valence-electron chi connectivity index (χ0n) is 10.3. The molecule has 0 aliphatic heterocycles. The summed E-state index contributed by atoms with van der Waals surface area (Å²) in [4.78, 5) is 11.2. The van der Waals surface area contributed by atoms with E-state index in [9.17, 15) is 9.90 Å². The Hall–Kier alpha value is -0.180. The van der Waals surface area contributed by atoms with Crippen molar-refractivity contribution in [3.05, 3.63) is 0 Å². The molecule has 2 unspecified atom stereocenters. The van der Waals surface area contributed by atoms with Crippen molar-refractivity contribution in [2.45, 2.75) is 51.9 Å². The number of carboxylic acid groups (broad SMARTS) is 1. The molecule has 0 aromatic rings. The van der Waals surface area contributed by atoms with Gasteiger partial charge in [0.25, 0.3) is 0 Å². The molecule has 0 aromatic carbocycles. The highest BCUT2D eigenvalue weighted by molar-refractivity contribution is 7.99. The number of hydrogen-bond donors (Lipinski definition) is 1. The van der Waals surface area contributed by atoms with E-state index in [1.165, 1.54) is 30.8 Å². The minimum Gasteiger partial charge on any atom is -0.481 e. The number of carbonyl (C=O) groups is 1. The quantitative estimate of drug-likeness (QED) is 0.570. The molecule has 2 nitrogen and oxygen atoms in total. The monoisotopic (exact) mass is 244 g/mol. The fourth-order valence-electron chi connectivity index (χ4n) is 2.65. The second-order valence-electron chi connectivity index (χ2n) is 4.68. The van der Waals surface area contributed by atoms with E-state index in [0.29, 0.717) is 5.92 Å². The summed E-state index contributed by atoms with van der Waals surface area (Å²) in [6.07, 6.45) is 7.90. The summed E-state index contributed by atoms with van der Waals surface area (Å²) in [5, 5.41) is 9.23. The van der Waals surface area contributed by atoms with Crippen LogP contribution in [0.15, 0.2) is 0 Å². The number of thioether (sulfide) groups is 1. The van der Waals surface area contributed by atoms with Crippen molar-refractivity contribution < 1.29 is 9.90 Å². The lowest BCUT2D eigenvalue weighted by Gasteiger charge is -2.21. The Morgan fingerprint density at radius 1 is 1.31 bits per heavy atom. The topological polar surface area (TPSA) is 37.3 Å². The van der Waals surface area contributed by atoms with Gasteiger partial charge >= 0.3 is 5.97 Å². The van der Waals surface area contributed by atoms with Gasteiger partial charge in [-0.15, -0.1) is 0 Å². The second-order valence-corrected chi connectivity index (χ2v) is 6.08. The van der Waals surface area contributed by atoms with E-state index < -0.39 is 5.97 Å². The number of aliphatic carboxylic acids is 1. The van der Waals surface area contributed by atoms with Gasteiger partial charge in [0.05, 0.1) is 5.92 Å². The largest absolute Gasteiger partial charge is 0.481 e. The van der Waals surface area contributed by atoms with E-state index in [4.69, 9.17) is 0 Å². The van der Waals surface area contributed by atoms with Gasteiger partial charge in [0, 0.05) is 0 Å². The molecule has 0 aromatic heterocycles. The molecule has 1 N–H and O–H groups in total. The molecule has 1 rings (SSSR count). The summed E-state index contributed by atoms with van der Waals surface area (Å²) in [7, 11) is 0. The summed E-state index contributed by atoms with van der Waals surface area (Å²) in [6.45, 7) is 2.18. The minimum atomic E-state index is -0.560. The fraction of sp³-hybridized carbons (Fsp3) is 0.923. The van der Waals surface area contributed by atoms with Crippen LogP contribution in [0.25, 0.3) is 0 Å². The molecular formula is C13H24O2S. The zero-order chi connectivity index (χ0) is 11.8. The predicted octanol–water partition coefficient (Wildman–Crippen LogP) is 3.80. The maximum atomic E-state index is 11.2. The van der Waals surface area contributed by atoms with Crippen LogP contribution >= 0.6 is 11.8 Å². The lowest BCUT2D eigenvalue weighted by molar-refractivity contribution is -0.144. The Balaban J connectivity index is 2.35. The van der Waals surface area contributed by atoms with Gasteiger partial charge in [-0.1, -0.05) is 26.2 Å². The molecule has 1 fully saturated rings. The lowest BCUT2D eigenvalue weighted by Crippen LogP contribution is -2.22. The molecule has 0 spiro atoms. The van der Waals surface area contributed by atoms with Crippen LogP contribution in [0, 0.1) is 11.8 Å². The van der Waals surface area contributed by atoms with E-state index in [-0.39, 0.29) is 5.92 Å². The molecule has 0 amide bonds. The van der Waals surface area contributed by atoms with Crippen molar-refractivity contribution >= 4 is 17.7 Å². The van der Waals surface area contributed by atoms with Crippen molar-refractivity contribution in [3.8, 4) is 0 Å². The molecule has 0 heterocycles. The van der Waals surface area contributed by atoms with E-state index in [1.54, 1.807) is 0 Å². The Kier molecular flexibility index (Phi) is 6.93. The molecule has 0 saturated heterocycles. The van der Waals surface area contributed by atoms with Gasteiger partial charge in [0.1, 0.15) is 0 Å². The first-order chi connectivity index (χ1) is 7.75. The highest BCUT2D eigenvalue weighted by Crippen LogP contribution is 2.32. The summed E-state index contributed by atoms with van der Waals surface area (Å²) in [5.74, 6) is 2.19. The van der Waals surface area contributed by atoms with Crippen molar-refractivity contribution in [1.82, 2.24) is 0 Å². The first kappa shape index (κ1) is 13.9. The van der Waals surface area contributed by atoms with E-state index in [1.807, 2.05) is 11.8 Å². The van der Waals surface area contributed by atoms with Gasteiger partial charge in [-0.3, -0.25) is 4.79 Å². The van der Waals surface area contributed by atoms with Crippen LogP contribution in [0.4, 0.5) is 0 Å². The van der Waals surface area contributed by atoms with E-state index in [2.05, 4.69) is 6.92 Å². The van der Waals surface area contributed by atoms with E-state index >= 15 is 0 Å². The normalized spacial score (nSPS) is 26.3. The summed E-state index contributed by atoms with van der Waals surface area (Å²) >= 11 is 1.96. The zero-order valence-corrected chi connectivity index (χ0v) is 11.1. The Bertz CT molecular complexity index is 206. The fourth-order valence-corrected chi connectivity index (χ4v) is 3.31. The molecule has 1 saturated carbocycles. The van der Waals surface area contributed by atoms with Crippen molar-refractivity contribution in [2.24, 2.45) is 11.8 Å². The van der Waals surface area contributed by atoms with Crippen LogP contribution in [0.1, 0.15) is 51.9 Å². The molecule has 1 aliphatic rings. The van der Waals surface area contributed by atoms with Gasteiger partial charge in [0.2, 0.25) is 0 Å². The molecule has 0 radical (unpaired) electrons. The van der Waals surface area contributed by atoms with Crippen LogP contribution in [0.2, 0.25) is 0 Å². The molecule has 94 valence electrons. The SMILES string of the molecule is CCSCCCC1CCCCCC1C(=O)O. The second kappa shape index (κ2) is 7.99. The smallest absolute Gasteiger partial charge is 0.306 e. The van der Waals surface area contributed by atoms with Gasteiger partial charge in [-0.05, 0) is 43.1 Å². The average molecular weight is 244 g/mol. The van der Waals surface area contributed by atoms with Crippen LogP contribution < -0.4 is 0 Å². The number of hydrogen-bond acceptors (Lipinski definition) is 2. The van der Waals surface area contributed by atoms with Crippen LogP contribution in [0.5, 0.6) is 0 Å². The standard InChI is InChI=1S/C13H24O2S/c1-2-16-10-6-8-11-7-4-3-5-9-12(11)13(14)15/h11-12H,2-10H2,1H3,(H,14,15). The van der Waals surface area contributed by atoms with Crippen molar-refractivity contribution in [3.63, 3.8) is 0 Å². The van der Waals surface area contributed by atoms with Gasteiger partial charge in [-0.2, -0.15) is 11.8 Å². The third-order valence-corrected chi connectivity index (χ3v) is 4.53. The maximum Gasteiger partial charge on any atom is 0.306 e. The lowest BCUT2D eigenvalue weighted by atomic mass is 9.85. The molecule has 0 bridgehead atoms. The maximum absolute atomic E-state index is 11.2. The predicted molar refractivity (Wildman–Crippen MR) is 69.9 cm³/mol. The first-order valence-electron chi connectivity index (χ1n) is 6.56. The molecular weight excluding hydrogens is 220 g/mol. The Morgan fingerprint density at radius 3 is 2.75 bits per heavy atom. The van der Waals surface area contributed by atoms with Crippen LogP contribution in [-0.4, -0.2) is 22.6 Å². The Morgan fingerprint density at radius 2 is 2.06 bits per heavy atom. The average Bonchev–Trinajstić information content (AvgIpc) is 2.49.